The van der Waals surface area contributed by atoms with Gasteiger partial charge in [-0.1, -0.05) is 0 Å². The van der Waals surface area contributed by atoms with Crippen LogP contribution in [0.1, 0.15) is 68.9 Å². The van der Waals surface area contributed by atoms with Crippen LogP contribution in [-0.2, 0) is 16.1 Å². The van der Waals surface area contributed by atoms with E-state index in [2.05, 4.69) is 20.6 Å². The van der Waals surface area contributed by atoms with Crippen LogP contribution in [0.3, 0.4) is 0 Å². The predicted octanol–water partition coefficient (Wildman–Crippen LogP) is 4.78. The van der Waals surface area contributed by atoms with Crippen molar-refractivity contribution in [3.8, 4) is 0 Å². The Kier molecular flexibility index (Phi) is 10.1. The van der Waals surface area contributed by atoms with Gasteiger partial charge in [0.05, 0.1) is 6.61 Å². The number of anilines is 2. The van der Waals surface area contributed by atoms with Crippen molar-refractivity contribution >= 4 is 30.1 Å². The number of carbonyl (C=O) groups is 3. The van der Waals surface area contributed by atoms with Crippen molar-refractivity contribution in [3.63, 3.8) is 0 Å². The van der Waals surface area contributed by atoms with Crippen molar-refractivity contribution < 1.29 is 29.0 Å². The number of hydrogen-bond donors (Lipinski definition) is 3. The number of nitrogens with one attached hydrogen (secondary N) is 2. The fourth-order valence-corrected chi connectivity index (χ4v) is 2.54. The van der Waals surface area contributed by atoms with Crippen LogP contribution in [0.4, 0.5) is 21.2 Å². The van der Waals surface area contributed by atoms with Gasteiger partial charge in [0, 0.05) is 17.0 Å². The minimum Gasteiger partial charge on any atom is -0.444 e. The molecule has 0 unspecified atom stereocenters. The molecule has 0 radical (unpaired) electrons. The molecule has 0 atom stereocenters. The van der Waals surface area contributed by atoms with E-state index < -0.39 is 23.4 Å². The molecule has 10 nitrogen and oxygen atoms in total. The molecule has 0 spiro atoms. The molecule has 0 bridgehead atoms. The maximum Gasteiger partial charge on any atom is 0.413 e. The number of nitrogens with zero attached hydrogens (tertiary/aromatic N) is 2. The Hall–Kier alpha value is -3.53. The minimum absolute atomic E-state index is 0.0909. The molecule has 0 aromatic carbocycles. The largest absolute Gasteiger partial charge is 0.444 e. The van der Waals surface area contributed by atoms with Gasteiger partial charge in [0.25, 0.3) is 0 Å². The number of amides is 2. The number of aliphatic hydroxyl groups is 1. The molecule has 0 fully saturated rings. The molecule has 0 saturated carbocycles. The normalized spacial score (nSPS) is 11.0. The average molecular weight is 475 g/mol. The monoisotopic (exact) mass is 474 g/mol. The molecule has 2 heterocycles. The second kappa shape index (κ2) is 12.1. The van der Waals surface area contributed by atoms with Gasteiger partial charge in [-0.3, -0.25) is 15.4 Å². The minimum atomic E-state index is -0.590. The summed E-state index contributed by atoms with van der Waals surface area (Å²) >= 11 is 0. The summed E-state index contributed by atoms with van der Waals surface area (Å²) in [5.74, 6) is 0.685. The quantitative estimate of drug-likeness (QED) is 0.538. The zero-order chi connectivity index (χ0) is 26.1. The van der Waals surface area contributed by atoms with Crippen LogP contribution in [0, 0.1) is 13.8 Å². The molecule has 3 N–H and O–H groups in total. The number of aldehydes is 1. The first-order chi connectivity index (χ1) is 15.6. The number of aliphatic hydroxyl groups excluding tert-OH is 1. The lowest BCUT2D eigenvalue weighted by Gasteiger charge is -2.19. The van der Waals surface area contributed by atoms with Crippen molar-refractivity contribution in [1.82, 2.24) is 9.97 Å². The summed E-state index contributed by atoms with van der Waals surface area (Å²) in [6.07, 6.45) is -0.443. The molecule has 2 aromatic rings. The third kappa shape index (κ3) is 11.9. The fourth-order valence-electron chi connectivity index (χ4n) is 2.54. The highest BCUT2D eigenvalue weighted by Gasteiger charge is 2.17. The Labute approximate surface area is 200 Å². The van der Waals surface area contributed by atoms with Crippen LogP contribution in [-0.4, -0.2) is 44.7 Å². The number of carbonyl (C=O) groups excluding carboxylic acids is 3. The number of aromatic nitrogens is 2. The van der Waals surface area contributed by atoms with Crippen molar-refractivity contribution in [3.05, 3.63) is 46.8 Å². The highest BCUT2D eigenvalue weighted by Crippen LogP contribution is 2.14. The summed E-state index contributed by atoms with van der Waals surface area (Å²) < 4.78 is 10.2. The van der Waals surface area contributed by atoms with Crippen LogP contribution in [0.2, 0.25) is 0 Å². The summed E-state index contributed by atoms with van der Waals surface area (Å²) in [5, 5.41) is 14.0. The lowest BCUT2D eigenvalue weighted by atomic mass is 10.2. The van der Waals surface area contributed by atoms with E-state index in [1.165, 1.54) is 6.07 Å². The Morgan fingerprint density at radius 1 is 0.853 bits per heavy atom. The summed E-state index contributed by atoms with van der Waals surface area (Å²) in [6, 6.07) is 6.48. The summed E-state index contributed by atoms with van der Waals surface area (Å²) in [5.41, 5.74) is 1.42. The zero-order valence-corrected chi connectivity index (χ0v) is 21.0. The van der Waals surface area contributed by atoms with E-state index in [4.69, 9.17) is 14.6 Å². The Morgan fingerprint density at radius 3 is 1.71 bits per heavy atom. The standard InChI is InChI=1S/C12H18N2O3.C12H16N2O3/c2*1-8-5-9(7-15)6-10(13-8)14-11(16)17-12(2,3)4/h5-6,15H,7H2,1-4H3,(H,13,14,16);5-7H,1-4H3,(H,13,14,16). The number of pyridine rings is 2. The SMILES string of the molecule is Cc1cc(C=O)cc(NC(=O)OC(C)(C)C)n1.Cc1cc(CO)cc(NC(=O)OC(C)(C)C)n1. The Morgan fingerprint density at radius 2 is 1.29 bits per heavy atom. The second-order valence-electron chi connectivity index (χ2n) is 9.46. The molecular weight excluding hydrogens is 440 g/mol. The van der Waals surface area contributed by atoms with Crippen LogP contribution in [0.25, 0.3) is 0 Å². The van der Waals surface area contributed by atoms with Gasteiger partial charge in [0.15, 0.2) is 0 Å². The van der Waals surface area contributed by atoms with E-state index in [1.807, 2.05) is 0 Å². The molecule has 2 rings (SSSR count). The molecular formula is C24H34N4O6. The van der Waals surface area contributed by atoms with Gasteiger partial charge >= 0.3 is 12.2 Å². The van der Waals surface area contributed by atoms with Crippen molar-refractivity contribution in [1.29, 1.82) is 0 Å². The number of aryl methyl sites for hydroxylation is 2. The first kappa shape index (κ1) is 28.5. The van der Waals surface area contributed by atoms with Gasteiger partial charge in [-0.25, -0.2) is 19.6 Å². The maximum absolute atomic E-state index is 11.5. The van der Waals surface area contributed by atoms with Crippen molar-refractivity contribution in [2.45, 2.75) is 73.2 Å². The van der Waals surface area contributed by atoms with Crippen LogP contribution < -0.4 is 10.6 Å². The molecule has 0 aliphatic heterocycles. The molecule has 34 heavy (non-hydrogen) atoms. The smallest absolute Gasteiger partial charge is 0.413 e. The molecule has 2 aromatic heterocycles. The van der Waals surface area contributed by atoms with E-state index in [1.54, 1.807) is 73.6 Å². The topological polar surface area (TPSA) is 140 Å². The summed E-state index contributed by atoms with van der Waals surface area (Å²) in [7, 11) is 0. The van der Waals surface area contributed by atoms with Gasteiger partial charge in [0.2, 0.25) is 0 Å². The van der Waals surface area contributed by atoms with Gasteiger partial charge in [-0.15, -0.1) is 0 Å². The highest BCUT2D eigenvalue weighted by molar-refractivity contribution is 5.85. The summed E-state index contributed by atoms with van der Waals surface area (Å²) in [6.45, 7) is 14.1. The predicted molar refractivity (Wildman–Crippen MR) is 129 cm³/mol. The van der Waals surface area contributed by atoms with E-state index in [0.717, 1.165) is 5.69 Å². The van der Waals surface area contributed by atoms with E-state index in [-0.39, 0.29) is 6.61 Å². The van der Waals surface area contributed by atoms with Gasteiger partial charge in [-0.05, 0) is 85.2 Å². The molecule has 0 aliphatic rings. The van der Waals surface area contributed by atoms with Gasteiger partial charge < -0.3 is 14.6 Å². The van der Waals surface area contributed by atoms with Gasteiger partial charge in [-0.2, -0.15) is 0 Å². The molecule has 0 aliphatic carbocycles. The third-order valence-electron chi connectivity index (χ3n) is 3.57. The van der Waals surface area contributed by atoms with Crippen molar-refractivity contribution in [2.24, 2.45) is 0 Å². The number of ether oxygens (including phenoxy) is 2. The Balaban J connectivity index is 0.000000340. The van der Waals surface area contributed by atoms with E-state index in [9.17, 15) is 14.4 Å². The first-order valence-corrected chi connectivity index (χ1v) is 10.6. The maximum atomic E-state index is 11.5. The lowest BCUT2D eigenvalue weighted by molar-refractivity contribution is 0.0624. The first-order valence-electron chi connectivity index (χ1n) is 10.6. The molecule has 2 amide bonds. The highest BCUT2D eigenvalue weighted by atomic mass is 16.6. The second-order valence-corrected chi connectivity index (χ2v) is 9.46. The lowest BCUT2D eigenvalue weighted by Crippen LogP contribution is -2.27. The summed E-state index contributed by atoms with van der Waals surface area (Å²) in [4.78, 5) is 41.8. The van der Waals surface area contributed by atoms with Gasteiger partial charge in [0.1, 0.15) is 29.1 Å². The fraction of sp³-hybridized carbons (Fsp3) is 0.458. The van der Waals surface area contributed by atoms with E-state index >= 15 is 0 Å². The van der Waals surface area contributed by atoms with Crippen LogP contribution >= 0.6 is 0 Å². The average Bonchev–Trinajstić information content (AvgIpc) is 2.64. The molecule has 0 saturated heterocycles. The number of rotatable bonds is 4. The number of hydrogen-bond acceptors (Lipinski definition) is 8. The Bertz CT molecular complexity index is 1010. The van der Waals surface area contributed by atoms with Crippen LogP contribution in [0.15, 0.2) is 24.3 Å². The molecule has 10 heteroatoms. The zero-order valence-electron chi connectivity index (χ0n) is 21.0. The molecule has 186 valence electrons. The third-order valence-corrected chi connectivity index (χ3v) is 3.57. The van der Waals surface area contributed by atoms with Crippen LogP contribution in [0.5, 0.6) is 0 Å². The van der Waals surface area contributed by atoms with E-state index in [0.29, 0.717) is 34.7 Å². The van der Waals surface area contributed by atoms with Crippen molar-refractivity contribution in [2.75, 3.05) is 10.6 Å².